The third-order valence-electron chi connectivity index (χ3n) is 0.999. The van der Waals surface area contributed by atoms with Crippen LogP contribution in [0.25, 0.3) is 0 Å². The maximum atomic E-state index is 9.69. The van der Waals surface area contributed by atoms with Crippen molar-refractivity contribution in [3.8, 4) is 0 Å². The van der Waals surface area contributed by atoms with Gasteiger partial charge in [-0.2, -0.15) is 0 Å². The third kappa shape index (κ3) is 1.78. The van der Waals surface area contributed by atoms with Crippen LogP contribution in [0.3, 0.4) is 0 Å². The summed E-state index contributed by atoms with van der Waals surface area (Å²) in [6.07, 6.45) is 0. The molecule has 0 aliphatic carbocycles. The van der Waals surface area contributed by atoms with Crippen molar-refractivity contribution in [1.82, 2.24) is 0 Å². The fraction of sp³-hybridized carbons (Fsp3) is 0. The highest BCUT2D eigenvalue weighted by Gasteiger charge is 1.84. The van der Waals surface area contributed by atoms with E-state index in [2.05, 4.69) is 10.3 Å². The molecule has 1 rings (SSSR count). The molecule has 0 fully saturated rings. The van der Waals surface area contributed by atoms with Gasteiger partial charge in [-0.1, -0.05) is 18.2 Å². The van der Waals surface area contributed by atoms with Crippen molar-refractivity contribution in [3.05, 3.63) is 30.3 Å². The predicted molar refractivity (Wildman–Crippen MR) is 37.2 cm³/mol. The SMILES string of the molecule is O=CONc1ccccc1. The van der Waals surface area contributed by atoms with E-state index in [1.165, 1.54) is 0 Å². The quantitative estimate of drug-likeness (QED) is 0.502. The van der Waals surface area contributed by atoms with Crippen LogP contribution in [-0.4, -0.2) is 6.47 Å². The molecule has 0 aliphatic rings. The van der Waals surface area contributed by atoms with Crippen LogP contribution in [0.15, 0.2) is 30.3 Å². The molecule has 0 aromatic heterocycles. The van der Waals surface area contributed by atoms with Gasteiger partial charge in [0, 0.05) is 0 Å². The maximum Gasteiger partial charge on any atom is 0.320 e. The van der Waals surface area contributed by atoms with Crippen LogP contribution in [-0.2, 0) is 9.63 Å². The molecular formula is C7H7NO2. The van der Waals surface area contributed by atoms with Crippen molar-refractivity contribution in [2.45, 2.75) is 0 Å². The second kappa shape index (κ2) is 3.50. The first-order valence-electron chi connectivity index (χ1n) is 2.84. The van der Waals surface area contributed by atoms with Gasteiger partial charge in [-0.05, 0) is 12.1 Å². The summed E-state index contributed by atoms with van der Waals surface area (Å²) in [6, 6.07) is 9.16. The first-order valence-corrected chi connectivity index (χ1v) is 2.84. The average Bonchev–Trinajstić information content (AvgIpc) is 2.03. The number of carbonyl (C=O) groups excluding carboxylic acids is 1. The van der Waals surface area contributed by atoms with E-state index in [9.17, 15) is 4.79 Å². The zero-order chi connectivity index (χ0) is 7.23. The van der Waals surface area contributed by atoms with Gasteiger partial charge in [0.1, 0.15) is 0 Å². The summed E-state index contributed by atoms with van der Waals surface area (Å²) in [5, 5.41) is 0. The fourth-order valence-corrected chi connectivity index (χ4v) is 0.598. The first-order chi connectivity index (χ1) is 4.93. The van der Waals surface area contributed by atoms with E-state index in [-0.39, 0.29) is 0 Å². The number of benzene rings is 1. The van der Waals surface area contributed by atoms with E-state index in [4.69, 9.17) is 0 Å². The summed E-state index contributed by atoms with van der Waals surface area (Å²) in [6.45, 7) is 0.340. The molecule has 0 bridgehead atoms. The van der Waals surface area contributed by atoms with E-state index >= 15 is 0 Å². The van der Waals surface area contributed by atoms with Crippen LogP contribution in [0.4, 0.5) is 5.69 Å². The lowest BCUT2D eigenvalue weighted by molar-refractivity contribution is -0.126. The van der Waals surface area contributed by atoms with Gasteiger partial charge in [0.05, 0.1) is 5.69 Å². The van der Waals surface area contributed by atoms with Gasteiger partial charge in [-0.15, -0.1) is 0 Å². The van der Waals surface area contributed by atoms with Gasteiger partial charge < -0.3 is 4.84 Å². The Morgan fingerprint density at radius 3 is 2.60 bits per heavy atom. The molecule has 0 saturated heterocycles. The highest BCUT2D eigenvalue weighted by atomic mass is 16.7. The molecule has 10 heavy (non-hydrogen) atoms. The molecule has 0 heterocycles. The zero-order valence-electron chi connectivity index (χ0n) is 5.28. The summed E-state index contributed by atoms with van der Waals surface area (Å²) in [4.78, 5) is 14.0. The Morgan fingerprint density at radius 2 is 2.00 bits per heavy atom. The Morgan fingerprint density at radius 1 is 1.30 bits per heavy atom. The van der Waals surface area contributed by atoms with Crippen LogP contribution in [0.1, 0.15) is 0 Å². The minimum atomic E-state index is 0.340. The Labute approximate surface area is 58.6 Å². The molecule has 0 amide bonds. The summed E-state index contributed by atoms with van der Waals surface area (Å²) in [5.41, 5.74) is 3.19. The first kappa shape index (κ1) is 6.61. The molecule has 1 aromatic carbocycles. The van der Waals surface area contributed by atoms with Crippen molar-refractivity contribution in [2.75, 3.05) is 5.48 Å². The Kier molecular flexibility index (Phi) is 2.31. The van der Waals surface area contributed by atoms with Gasteiger partial charge >= 0.3 is 6.47 Å². The largest absolute Gasteiger partial charge is 0.347 e. The lowest BCUT2D eigenvalue weighted by atomic mass is 10.3. The van der Waals surface area contributed by atoms with Gasteiger partial charge in [-0.25, -0.2) is 5.48 Å². The number of nitrogens with one attached hydrogen (secondary N) is 1. The summed E-state index contributed by atoms with van der Waals surface area (Å²) < 4.78 is 0. The summed E-state index contributed by atoms with van der Waals surface area (Å²) >= 11 is 0. The van der Waals surface area contributed by atoms with Crippen LogP contribution < -0.4 is 5.48 Å². The number of anilines is 1. The Hall–Kier alpha value is -1.51. The second-order valence-electron chi connectivity index (χ2n) is 1.68. The average molecular weight is 137 g/mol. The predicted octanol–water partition coefficient (Wildman–Crippen LogP) is 1.19. The van der Waals surface area contributed by atoms with E-state index < -0.39 is 0 Å². The van der Waals surface area contributed by atoms with Crippen LogP contribution >= 0.6 is 0 Å². The van der Waals surface area contributed by atoms with E-state index in [1.54, 1.807) is 12.1 Å². The monoisotopic (exact) mass is 137 g/mol. The number of para-hydroxylation sites is 1. The lowest BCUT2D eigenvalue weighted by Gasteiger charge is -1.99. The molecule has 0 unspecified atom stereocenters. The number of hydrogen-bond donors (Lipinski definition) is 1. The van der Waals surface area contributed by atoms with Crippen molar-refractivity contribution >= 4 is 12.2 Å². The van der Waals surface area contributed by atoms with E-state index in [0.717, 1.165) is 5.69 Å². The highest BCUT2D eigenvalue weighted by Crippen LogP contribution is 2.03. The molecule has 0 aliphatic heterocycles. The van der Waals surface area contributed by atoms with E-state index in [0.29, 0.717) is 6.47 Å². The van der Waals surface area contributed by atoms with Gasteiger partial charge in [0.2, 0.25) is 0 Å². The van der Waals surface area contributed by atoms with Crippen molar-refractivity contribution in [2.24, 2.45) is 0 Å². The minimum absolute atomic E-state index is 0.340. The molecular weight excluding hydrogens is 130 g/mol. The Bertz CT molecular complexity index is 198. The number of hydrogen-bond acceptors (Lipinski definition) is 3. The standard InChI is InChI=1S/C7H7NO2/c9-6-10-8-7-4-2-1-3-5-7/h1-6,8H. The Balaban J connectivity index is 2.50. The molecule has 0 radical (unpaired) electrons. The van der Waals surface area contributed by atoms with Crippen molar-refractivity contribution < 1.29 is 9.63 Å². The molecule has 0 atom stereocenters. The molecule has 3 heteroatoms. The molecule has 0 spiro atoms. The van der Waals surface area contributed by atoms with Crippen LogP contribution in [0.2, 0.25) is 0 Å². The highest BCUT2D eigenvalue weighted by molar-refractivity contribution is 5.45. The smallest absolute Gasteiger partial charge is 0.320 e. The number of rotatable bonds is 3. The molecule has 3 nitrogen and oxygen atoms in total. The number of carbonyl (C=O) groups is 1. The molecule has 52 valence electrons. The van der Waals surface area contributed by atoms with Gasteiger partial charge in [0.25, 0.3) is 0 Å². The van der Waals surface area contributed by atoms with Gasteiger partial charge in [0.15, 0.2) is 0 Å². The topological polar surface area (TPSA) is 38.3 Å². The summed E-state index contributed by atoms with van der Waals surface area (Å²) in [7, 11) is 0. The fourth-order valence-electron chi connectivity index (χ4n) is 0.598. The van der Waals surface area contributed by atoms with Crippen molar-refractivity contribution in [3.63, 3.8) is 0 Å². The van der Waals surface area contributed by atoms with E-state index in [1.807, 2.05) is 18.2 Å². The normalized spacial score (nSPS) is 8.40. The third-order valence-corrected chi connectivity index (χ3v) is 0.999. The van der Waals surface area contributed by atoms with Crippen LogP contribution in [0, 0.1) is 0 Å². The van der Waals surface area contributed by atoms with Crippen molar-refractivity contribution in [1.29, 1.82) is 0 Å². The molecule has 0 saturated carbocycles. The second-order valence-corrected chi connectivity index (χ2v) is 1.68. The van der Waals surface area contributed by atoms with Crippen LogP contribution in [0.5, 0.6) is 0 Å². The summed E-state index contributed by atoms with van der Waals surface area (Å²) in [5.74, 6) is 0. The molecule has 1 aromatic rings. The molecule has 1 N–H and O–H groups in total. The zero-order valence-corrected chi connectivity index (χ0v) is 5.28. The minimum Gasteiger partial charge on any atom is -0.347 e. The maximum absolute atomic E-state index is 9.69. The lowest BCUT2D eigenvalue weighted by Crippen LogP contribution is -1.97. The van der Waals surface area contributed by atoms with Gasteiger partial charge in [-0.3, -0.25) is 4.79 Å².